The first-order valence-corrected chi connectivity index (χ1v) is 7.15. The van der Waals surface area contributed by atoms with Gasteiger partial charge in [0, 0.05) is 19.2 Å². The van der Waals surface area contributed by atoms with Crippen LogP contribution in [-0.4, -0.2) is 41.5 Å². The average Bonchev–Trinajstić information content (AvgIpc) is 2.37. The van der Waals surface area contributed by atoms with Crippen LogP contribution in [0.3, 0.4) is 0 Å². The zero-order chi connectivity index (χ0) is 13.1. The second-order valence-electron chi connectivity index (χ2n) is 4.40. The maximum absolute atomic E-state index is 5.72. The van der Waals surface area contributed by atoms with Crippen LogP contribution in [-0.2, 0) is 4.74 Å². The van der Waals surface area contributed by atoms with E-state index in [1.807, 2.05) is 12.3 Å². The van der Waals surface area contributed by atoms with Gasteiger partial charge in [0.1, 0.15) is 11.6 Å². The van der Waals surface area contributed by atoms with Gasteiger partial charge in [-0.15, -0.1) is 0 Å². The number of morpholine rings is 1. The van der Waals surface area contributed by atoms with Crippen molar-refractivity contribution in [2.45, 2.75) is 31.2 Å². The molecule has 1 aromatic heterocycles. The highest BCUT2D eigenvalue weighted by atomic mass is 32.2. The topological polar surface area (TPSA) is 76.3 Å². The van der Waals surface area contributed by atoms with E-state index < -0.39 is 0 Å². The van der Waals surface area contributed by atoms with Gasteiger partial charge < -0.3 is 15.1 Å². The van der Waals surface area contributed by atoms with Crippen LogP contribution in [0, 0.1) is 0 Å². The molecular formula is C11H19N5OS. The molecule has 6 nitrogen and oxygen atoms in total. The van der Waals surface area contributed by atoms with Gasteiger partial charge in [-0.3, -0.25) is 0 Å². The number of nitrogens with two attached hydrogens (primary N) is 1. The summed E-state index contributed by atoms with van der Waals surface area (Å²) in [7, 11) is 0. The summed E-state index contributed by atoms with van der Waals surface area (Å²) in [5.41, 5.74) is 2.58. The Balaban J connectivity index is 2.25. The van der Waals surface area contributed by atoms with Gasteiger partial charge in [-0.25, -0.2) is 15.8 Å². The Labute approximate surface area is 111 Å². The van der Waals surface area contributed by atoms with E-state index in [4.69, 9.17) is 10.6 Å². The largest absolute Gasteiger partial charge is 0.372 e. The van der Waals surface area contributed by atoms with Crippen LogP contribution in [0.25, 0.3) is 0 Å². The maximum Gasteiger partial charge on any atom is 0.191 e. The fourth-order valence-electron chi connectivity index (χ4n) is 2.11. The first-order valence-electron chi connectivity index (χ1n) is 5.92. The normalized spacial score (nSPS) is 24.1. The van der Waals surface area contributed by atoms with Crippen LogP contribution in [0.15, 0.2) is 11.2 Å². The Kier molecular flexibility index (Phi) is 4.26. The Morgan fingerprint density at radius 3 is 2.61 bits per heavy atom. The minimum Gasteiger partial charge on any atom is -0.372 e. The summed E-state index contributed by atoms with van der Waals surface area (Å²) in [6.07, 6.45) is 2.36. The lowest BCUT2D eigenvalue weighted by Crippen LogP contribution is -2.46. The average molecular weight is 269 g/mol. The SMILES string of the molecule is CSc1nc(NN)cc(N2CC(C)OC(C)C2)n1. The van der Waals surface area contributed by atoms with Gasteiger partial charge in [0.05, 0.1) is 12.2 Å². The Morgan fingerprint density at radius 2 is 2.06 bits per heavy atom. The fourth-order valence-corrected chi connectivity index (χ4v) is 2.48. The lowest BCUT2D eigenvalue weighted by Gasteiger charge is -2.36. The minimum atomic E-state index is 0.204. The molecule has 0 aliphatic carbocycles. The Hall–Kier alpha value is -1.05. The van der Waals surface area contributed by atoms with E-state index in [1.165, 1.54) is 11.8 Å². The molecule has 1 fully saturated rings. The molecule has 2 rings (SSSR count). The quantitative estimate of drug-likeness (QED) is 0.368. The number of rotatable bonds is 3. The van der Waals surface area contributed by atoms with E-state index in [9.17, 15) is 0 Å². The van der Waals surface area contributed by atoms with E-state index in [-0.39, 0.29) is 12.2 Å². The summed E-state index contributed by atoms with van der Waals surface area (Å²) in [6, 6.07) is 1.87. The summed E-state index contributed by atoms with van der Waals surface area (Å²) in [4.78, 5) is 11.0. The van der Waals surface area contributed by atoms with Crippen LogP contribution < -0.4 is 16.2 Å². The molecule has 1 aliphatic rings. The van der Waals surface area contributed by atoms with Crippen molar-refractivity contribution in [3.8, 4) is 0 Å². The van der Waals surface area contributed by atoms with Crippen molar-refractivity contribution in [1.82, 2.24) is 9.97 Å². The number of nitrogens with zero attached hydrogens (tertiary/aromatic N) is 3. The molecule has 0 bridgehead atoms. The molecule has 100 valence electrons. The summed E-state index contributed by atoms with van der Waals surface area (Å²) >= 11 is 1.50. The third-order valence-electron chi connectivity index (χ3n) is 2.77. The van der Waals surface area contributed by atoms with Gasteiger partial charge in [0.15, 0.2) is 5.16 Å². The van der Waals surface area contributed by atoms with Crippen LogP contribution in [0.4, 0.5) is 11.6 Å². The van der Waals surface area contributed by atoms with Gasteiger partial charge in [-0.1, -0.05) is 11.8 Å². The summed E-state index contributed by atoms with van der Waals surface area (Å²) in [5.74, 6) is 6.96. The third kappa shape index (κ3) is 3.04. The molecule has 18 heavy (non-hydrogen) atoms. The third-order valence-corrected chi connectivity index (χ3v) is 3.31. The standard InChI is InChI=1S/C11H19N5OS/c1-7-5-16(6-8(2)17-7)10-4-9(15-12)13-11(14-10)18-3/h4,7-8H,5-6,12H2,1-3H3,(H,13,14,15). The molecule has 0 radical (unpaired) electrons. The molecule has 7 heteroatoms. The number of hydrogen-bond donors (Lipinski definition) is 2. The van der Waals surface area contributed by atoms with Crippen molar-refractivity contribution in [2.75, 3.05) is 29.7 Å². The molecule has 1 aromatic rings. The monoisotopic (exact) mass is 269 g/mol. The van der Waals surface area contributed by atoms with Crippen molar-refractivity contribution in [3.05, 3.63) is 6.07 Å². The second-order valence-corrected chi connectivity index (χ2v) is 5.18. The summed E-state index contributed by atoms with van der Waals surface area (Å²) in [6.45, 7) is 5.81. The van der Waals surface area contributed by atoms with E-state index in [0.717, 1.165) is 18.9 Å². The van der Waals surface area contributed by atoms with Crippen molar-refractivity contribution >= 4 is 23.4 Å². The first-order chi connectivity index (χ1) is 8.62. The van der Waals surface area contributed by atoms with E-state index in [2.05, 4.69) is 34.1 Å². The number of thioether (sulfide) groups is 1. The molecule has 2 unspecified atom stereocenters. The number of anilines is 2. The molecule has 0 amide bonds. The lowest BCUT2D eigenvalue weighted by molar-refractivity contribution is -0.00549. The molecule has 1 aliphatic heterocycles. The first kappa shape index (κ1) is 13.4. The smallest absolute Gasteiger partial charge is 0.191 e. The zero-order valence-corrected chi connectivity index (χ0v) is 11.7. The summed E-state index contributed by atoms with van der Waals surface area (Å²) in [5, 5.41) is 0.715. The van der Waals surface area contributed by atoms with Gasteiger partial charge in [0.25, 0.3) is 0 Å². The predicted molar refractivity (Wildman–Crippen MR) is 73.8 cm³/mol. The van der Waals surface area contributed by atoms with Crippen molar-refractivity contribution in [2.24, 2.45) is 5.84 Å². The molecule has 1 saturated heterocycles. The molecule has 3 N–H and O–H groups in total. The number of hydrogen-bond acceptors (Lipinski definition) is 7. The number of aromatic nitrogens is 2. The highest BCUT2D eigenvalue weighted by Crippen LogP contribution is 2.23. The molecule has 2 heterocycles. The van der Waals surface area contributed by atoms with Crippen LogP contribution in [0.2, 0.25) is 0 Å². The molecule has 0 spiro atoms. The highest BCUT2D eigenvalue weighted by molar-refractivity contribution is 7.98. The second kappa shape index (κ2) is 5.73. The minimum absolute atomic E-state index is 0.204. The van der Waals surface area contributed by atoms with E-state index in [0.29, 0.717) is 11.0 Å². The van der Waals surface area contributed by atoms with Gasteiger partial charge in [-0.05, 0) is 20.1 Å². The summed E-state index contributed by atoms with van der Waals surface area (Å²) < 4.78 is 5.72. The maximum atomic E-state index is 5.72. The van der Waals surface area contributed by atoms with Crippen LogP contribution in [0.1, 0.15) is 13.8 Å². The van der Waals surface area contributed by atoms with Gasteiger partial charge in [-0.2, -0.15) is 0 Å². The van der Waals surface area contributed by atoms with Gasteiger partial charge in [0.2, 0.25) is 0 Å². The molecule has 2 atom stereocenters. The van der Waals surface area contributed by atoms with Crippen LogP contribution in [0.5, 0.6) is 0 Å². The number of ether oxygens (including phenoxy) is 1. The van der Waals surface area contributed by atoms with Gasteiger partial charge >= 0.3 is 0 Å². The Bertz CT molecular complexity index is 384. The molecule has 0 saturated carbocycles. The zero-order valence-electron chi connectivity index (χ0n) is 10.9. The number of hydrazine groups is 1. The lowest BCUT2D eigenvalue weighted by atomic mass is 10.2. The molecule has 0 aromatic carbocycles. The predicted octanol–water partition coefficient (Wildman–Crippen LogP) is 1.10. The fraction of sp³-hybridized carbons (Fsp3) is 0.636. The molecular weight excluding hydrogens is 250 g/mol. The highest BCUT2D eigenvalue weighted by Gasteiger charge is 2.23. The van der Waals surface area contributed by atoms with E-state index >= 15 is 0 Å². The van der Waals surface area contributed by atoms with Crippen molar-refractivity contribution < 1.29 is 4.74 Å². The van der Waals surface area contributed by atoms with Crippen LogP contribution >= 0.6 is 11.8 Å². The van der Waals surface area contributed by atoms with Crippen molar-refractivity contribution in [1.29, 1.82) is 0 Å². The van der Waals surface area contributed by atoms with E-state index in [1.54, 1.807) is 0 Å². The number of nitrogens with one attached hydrogen (secondary N) is 1. The van der Waals surface area contributed by atoms with Crippen molar-refractivity contribution in [3.63, 3.8) is 0 Å². The Morgan fingerprint density at radius 1 is 1.39 bits per heavy atom. The number of nitrogen functional groups attached to an aromatic ring is 1.